The van der Waals surface area contributed by atoms with Crippen LogP contribution in [0.5, 0.6) is 0 Å². The molecule has 1 unspecified atom stereocenters. The van der Waals surface area contributed by atoms with Crippen LogP contribution < -0.4 is 5.32 Å². The molecule has 13 heavy (non-hydrogen) atoms. The van der Waals surface area contributed by atoms with Crippen LogP contribution in [0, 0.1) is 0 Å². The lowest BCUT2D eigenvalue weighted by atomic mass is 10.1. The summed E-state index contributed by atoms with van der Waals surface area (Å²) in [6.45, 7) is 11.1. The Hall–Kier alpha value is -0.760. The molecule has 0 aromatic carbocycles. The molecular weight excluding hydrogens is 160 g/mol. The second-order valence-corrected chi connectivity index (χ2v) is 3.57. The van der Waals surface area contributed by atoms with E-state index in [1.54, 1.807) is 0 Å². The summed E-state index contributed by atoms with van der Waals surface area (Å²) in [7, 11) is 2.13. The molecule has 0 bridgehead atoms. The normalized spacial score (nSPS) is 38.0. The Morgan fingerprint density at radius 1 is 1.62 bits per heavy atom. The Morgan fingerprint density at radius 3 is 2.62 bits per heavy atom. The third-order valence-corrected chi connectivity index (χ3v) is 2.76. The maximum Gasteiger partial charge on any atom is 0.0732 e. The van der Waals surface area contributed by atoms with Crippen molar-refractivity contribution in [3.05, 3.63) is 24.4 Å². The van der Waals surface area contributed by atoms with Crippen molar-refractivity contribution in [2.75, 3.05) is 13.6 Å². The van der Waals surface area contributed by atoms with Gasteiger partial charge < -0.3 is 4.90 Å². The van der Waals surface area contributed by atoms with Gasteiger partial charge in [-0.25, -0.2) is 0 Å². The standard InChI is InChI=1S/C9H14N2.C2H6/c1-4-5-8-9(2)7(10-9)6-11(8)3;1-2/h4-5,7,10H,1,6H2,2-3H3;1-2H3/b8-5-;/t7-,9?;/m1./s1. The summed E-state index contributed by atoms with van der Waals surface area (Å²) in [4.78, 5) is 2.29. The third-order valence-electron chi connectivity index (χ3n) is 2.76. The highest BCUT2D eigenvalue weighted by molar-refractivity contribution is 5.39. The molecule has 0 aromatic heterocycles. The molecule has 0 spiro atoms. The smallest absolute Gasteiger partial charge is 0.0732 e. The van der Waals surface area contributed by atoms with Gasteiger partial charge in [-0.05, 0) is 13.0 Å². The number of fused-ring (bicyclic) bond motifs is 1. The second kappa shape index (κ2) is 3.54. The third kappa shape index (κ3) is 1.51. The van der Waals surface area contributed by atoms with E-state index < -0.39 is 0 Å². The van der Waals surface area contributed by atoms with Crippen LogP contribution in [0.1, 0.15) is 20.8 Å². The highest BCUT2D eigenvalue weighted by atomic mass is 15.4. The summed E-state index contributed by atoms with van der Waals surface area (Å²) >= 11 is 0. The molecule has 2 aliphatic heterocycles. The fourth-order valence-electron chi connectivity index (χ4n) is 1.98. The van der Waals surface area contributed by atoms with E-state index >= 15 is 0 Å². The first-order chi connectivity index (χ1) is 6.18. The van der Waals surface area contributed by atoms with E-state index in [0.29, 0.717) is 6.04 Å². The molecule has 2 heterocycles. The molecule has 1 N–H and O–H groups in total. The Morgan fingerprint density at radius 2 is 2.23 bits per heavy atom. The minimum absolute atomic E-state index is 0.267. The van der Waals surface area contributed by atoms with Crippen LogP contribution >= 0.6 is 0 Å². The summed E-state index contributed by atoms with van der Waals surface area (Å²) in [5, 5.41) is 3.45. The van der Waals surface area contributed by atoms with Crippen molar-refractivity contribution in [1.29, 1.82) is 0 Å². The molecular formula is C11H20N2. The second-order valence-electron chi connectivity index (χ2n) is 3.57. The predicted octanol–water partition coefficient (Wildman–Crippen LogP) is 1.76. The molecule has 2 fully saturated rings. The van der Waals surface area contributed by atoms with Crippen LogP contribution in [0.25, 0.3) is 0 Å². The van der Waals surface area contributed by atoms with Gasteiger partial charge in [0, 0.05) is 25.3 Å². The number of likely N-dealkylation sites (N-methyl/N-ethyl adjacent to an activating group) is 1. The van der Waals surface area contributed by atoms with Crippen molar-refractivity contribution in [2.45, 2.75) is 32.4 Å². The minimum Gasteiger partial charge on any atom is -0.375 e. The van der Waals surface area contributed by atoms with E-state index in [1.165, 1.54) is 5.70 Å². The van der Waals surface area contributed by atoms with Crippen LogP contribution in [0.4, 0.5) is 0 Å². The minimum atomic E-state index is 0.267. The number of hydrogen-bond donors (Lipinski definition) is 1. The van der Waals surface area contributed by atoms with Crippen molar-refractivity contribution < 1.29 is 0 Å². The molecule has 0 amide bonds. The molecule has 0 saturated carbocycles. The average Bonchev–Trinajstić information content (AvgIpc) is 2.70. The lowest BCUT2D eigenvalue weighted by Crippen LogP contribution is -2.24. The van der Waals surface area contributed by atoms with Gasteiger partial charge in [0.1, 0.15) is 0 Å². The summed E-state index contributed by atoms with van der Waals surface area (Å²) in [6, 6.07) is 0.679. The summed E-state index contributed by atoms with van der Waals surface area (Å²) in [5.74, 6) is 0. The molecule has 0 aliphatic carbocycles. The molecule has 2 rings (SSSR count). The van der Waals surface area contributed by atoms with Crippen LogP contribution in [0.3, 0.4) is 0 Å². The van der Waals surface area contributed by atoms with Gasteiger partial charge in [-0.2, -0.15) is 0 Å². The van der Waals surface area contributed by atoms with Gasteiger partial charge in [0.15, 0.2) is 0 Å². The Bertz CT molecular complexity index is 232. The largest absolute Gasteiger partial charge is 0.375 e. The topological polar surface area (TPSA) is 25.2 Å². The lowest BCUT2D eigenvalue weighted by molar-refractivity contribution is 0.434. The van der Waals surface area contributed by atoms with Gasteiger partial charge in [-0.3, -0.25) is 5.32 Å². The molecule has 2 heteroatoms. The quantitative estimate of drug-likeness (QED) is 0.622. The first-order valence-electron chi connectivity index (χ1n) is 5.00. The molecule has 2 saturated heterocycles. The molecule has 74 valence electrons. The Kier molecular flexibility index (Phi) is 2.81. The van der Waals surface area contributed by atoms with Gasteiger partial charge in [-0.15, -0.1) is 0 Å². The van der Waals surface area contributed by atoms with Gasteiger partial charge in [0.2, 0.25) is 0 Å². The maximum atomic E-state index is 3.71. The summed E-state index contributed by atoms with van der Waals surface area (Å²) in [6.07, 6.45) is 3.96. The predicted molar refractivity (Wildman–Crippen MR) is 57.6 cm³/mol. The van der Waals surface area contributed by atoms with E-state index in [0.717, 1.165) is 6.54 Å². The SMILES string of the molecule is C=C/C=C1\N(C)C[C@H]2NC12C.CC. The van der Waals surface area contributed by atoms with Crippen molar-refractivity contribution in [2.24, 2.45) is 0 Å². The zero-order valence-corrected chi connectivity index (χ0v) is 9.09. The van der Waals surface area contributed by atoms with E-state index in [9.17, 15) is 0 Å². The van der Waals surface area contributed by atoms with Gasteiger partial charge in [0.05, 0.1) is 5.54 Å². The molecule has 0 radical (unpaired) electrons. The highest BCUT2D eigenvalue weighted by Crippen LogP contribution is 2.41. The monoisotopic (exact) mass is 180 g/mol. The number of piperazine rings is 1. The summed E-state index contributed by atoms with van der Waals surface area (Å²) in [5.41, 5.74) is 1.64. The fraction of sp³-hybridized carbons (Fsp3) is 0.636. The van der Waals surface area contributed by atoms with E-state index in [1.807, 2.05) is 19.9 Å². The molecule has 0 aromatic rings. The first-order valence-corrected chi connectivity index (χ1v) is 5.00. The number of nitrogens with one attached hydrogen (secondary N) is 1. The molecule has 2 aliphatic rings. The van der Waals surface area contributed by atoms with Gasteiger partial charge in [0.25, 0.3) is 0 Å². The van der Waals surface area contributed by atoms with Crippen molar-refractivity contribution in [1.82, 2.24) is 10.2 Å². The average molecular weight is 180 g/mol. The maximum absolute atomic E-state index is 3.71. The Balaban J connectivity index is 0.000000396. The van der Waals surface area contributed by atoms with Crippen molar-refractivity contribution in [3.63, 3.8) is 0 Å². The van der Waals surface area contributed by atoms with Gasteiger partial charge >= 0.3 is 0 Å². The zero-order valence-electron chi connectivity index (χ0n) is 9.09. The number of nitrogens with zero attached hydrogens (tertiary/aromatic N) is 1. The molecule has 2 nitrogen and oxygen atoms in total. The number of likely N-dealkylation sites (tertiary alicyclic amines) is 1. The number of hydrogen-bond acceptors (Lipinski definition) is 2. The summed E-state index contributed by atoms with van der Waals surface area (Å²) < 4.78 is 0. The van der Waals surface area contributed by atoms with E-state index in [4.69, 9.17) is 0 Å². The van der Waals surface area contributed by atoms with Crippen molar-refractivity contribution in [3.8, 4) is 0 Å². The van der Waals surface area contributed by atoms with Crippen LogP contribution in [0.15, 0.2) is 24.4 Å². The van der Waals surface area contributed by atoms with E-state index in [2.05, 4.69) is 36.8 Å². The van der Waals surface area contributed by atoms with Crippen LogP contribution in [-0.2, 0) is 0 Å². The molecule has 2 atom stereocenters. The van der Waals surface area contributed by atoms with Crippen LogP contribution in [-0.4, -0.2) is 30.1 Å². The van der Waals surface area contributed by atoms with Crippen molar-refractivity contribution >= 4 is 0 Å². The fourth-order valence-corrected chi connectivity index (χ4v) is 1.98. The lowest BCUT2D eigenvalue weighted by Gasteiger charge is -2.19. The Labute approximate surface area is 81.3 Å². The van der Waals surface area contributed by atoms with E-state index in [-0.39, 0.29) is 5.54 Å². The van der Waals surface area contributed by atoms with Gasteiger partial charge in [-0.1, -0.05) is 26.5 Å². The zero-order chi connectivity index (χ0) is 10.1. The number of rotatable bonds is 1. The van der Waals surface area contributed by atoms with Crippen LogP contribution in [0.2, 0.25) is 0 Å². The number of allylic oxidation sites excluding steroid dienone is 2. The first kappa shape index (κ1) is 10.3. The highest BCUT2D eigenvalue weighted by Gasteiger charge is 2.58.